The Balaban J connectivity index is 1.48. The first kappa shape index (κ1) is 12.6. The number of carbonyl (C=O) groups is 1. The highest BCUT2D eigenvalue weighted by Crippen LogP contribution is 2.20. The molecule has 1 aromatic heterocycles. The summed E-state index contributed by atoms with van der Waals surface area (Å²) >= 11 is 0. The zero-order chi connectivity index (χ0) is 13.9. The van der Waals surface area contributed by atoms with Gasteiger partial charge in [0.05, 0.1) is 12.2 Å². The van der Waals surface area contributed by atoms with Gasteiger partial charge in [0.25, 0.3) is 5.91 Å². The SMILES string of the molecule is O=C(COc1ccccc1F)N1CC(n2ccnn2)C1. The van der Waals surface area contributed by atoms with Crippen molar-refractivity contribution in [2.45, 2.75) is 6.04 Å². The molecule has 0 aliphatic carbocycles. The molecule has 0 atom stereocenters. The van der Waals surface area contributed by atoms with Crippen LogP contribution in [0.5, 0.6) is 5.75 Å². The number of aromatic nitrogens is 3. The Morgan fingerprint density at radius 3 is 2.90 bits per heavy atom. The number of para-hydroxylation sites is 1. The molecule has 1 saturated heterocycles. The van der Waals surface area contributed by atoms with Gasteiger partial charge in [-0.05, 0) is 12.1 Å². The van der Waals surface area contributed by atoms with Gasteiger partial charge in [-0.1, -0.05) is 17.3 Å². The van der Waals surface area contributed by atoms with E-state index in [2.05, 4.69) is 10.3 Å². The zero-order valence-electron chi connectivity index (χ0n) is 10.6. The summed E-state index contributed by atoms with van der Waals surface area (Å²) in [7, 11) is 0. The molecule has 0 radical (unpaired) electrons. The molecule has 20 heavy (non-hydrogen) atoms. The number of rotatable bonds is 4. The molecule has 1 aliphatic rings. The van der Waals surface area contributed by atoms with E-state index in [1.165, 1.54) is 12.1 Å². The van der Waals surface area contributed by atoms with Crippen molar-refractivity contribution in [3.8, 4) is 5.75 Å². The predicted molar refractivity (Wildman–Crippen MR) is 67.5 cm³/mol. The Morgan fingerprint density at radius 1 is 1.40 bits per heavy atom. The quantitative estimate of drug-likeness (QED) is 0.831. The third kappa shape index (κ3) is 2.47. The molecule has 104 valence electrons. The van der Waals surface area contributed by atoms with E-state index in [4.69, 9.17) is 4.74 Å². The molecular weight excluding hydrogens is 263 g/mol. The zero-order valence-corrected chi connectivity index (χ0v) is 10.6. The lowest BCUT2D eigenvalue weighted by molar-refractivity contribution is -0.139. The number of amides is 1. The van der Waals surface area contributed by atoms with E-state index < -0.39 is 5.82 Å². The Labute approximate surface area is 114 Å². The molecule has 0 spiro atoms. The largest absolute Gasteiger partial charge is 0.481 e. The highest BCUT2D eigenvalue weighted by atomic mass is 19.1. The molecule has 1 aromatic carbocycles. The van der Waals surface area contributed by atoms with Crippen molar-refractivity contribution in [1.82, 2.24) is 19.9 Å². The fourth-order valence-corrected chi connectivity index (χ4v) is 2.03. The summed E-state index contributed by atoms with van der Waals surface area (Å²) in [5.41, 5.74) is 0. The first-order chi connectivity index (χ1) is 9.74. The highest BCUT2D eigenvalue weighted by molar-refractivity contribution is 5.78. The second-order valence-electron chi connectivity index (χ2n) is 4.55. The van der Waals surface area contributed by atoms with Crippen LogP contribution in [0.1, 0.15) is 6.04 Å². The molecule has 0 bridgehead atoms. The van der Waals surface area contributed by atoms with Crippen LogP contribution in [0, 0.1) is 5.82 Å². The van der Waals surface area contributed by atoms with E-state index in [0.29, 0.717) is 13.1 Å². The molecule has 2 aromatic rings. The lowest BCUT2D eigenvalue weighted by Gasteiger charge is -2.38. The van der Waals surface area contributed by atoms with E-state index in [1.807, 2.05) is 0 Å². The van der Waals surface area contributed by atoms with Crippen molar-refractivity contribution in [3.63, 3.8) is 0 Å². The highest BCUT2D eigenvalue weighted by Gasteiger charge is 2.32. The Kier molecular flexibility index (Phi) is 3.32. The van der Waals surface area contributed by atoms with Crippen molar-refractivity contribution in [3.05, 3.63) is 42.5 Å². The summed E-state index contributed by atoms with van der Waals surface area (Å²) < 4.78 is 20.2. The smallest absolute Gasteiger partial charge is 0.260 e. The van der Waals surface area contributed by atoms with Gasteiger partial charge in [-0.25, -0.2) is 9.07 Å². The lowest BCUT2D eigenvalue weighted by Crippen LogP contribution is -2.52. The standard InChI is InChI=1S/C13H13FN4O2/c14-11-3-1-2-4-12(11)20-9-13(19)17-7-10(8-17)18-6-5-15-16-18/h1-6,10H,7-9H2. The van der Waals surface area contributed by atoms with Gasteiger partial charge in [0.2, 0.25) is 0 Å². The van der Waals surface area contributed by atoms with E-state index in [-0.39, 0.29) is 24.3 Å². The minimum atomic E-state index is -0.468. The Bertz CT molecular complexity index is 596. The van der Waals surface area contributed by atoms with Crippen molar-refractivity contribution in [1.29, 1.82) is 0 Å². The normalized spacial score (nSPS) is 14.9. The van der Waals surface area contributed by atoms with Gasteiger partial charge >= 0.3 is 0 Å². The summed E-state index contributed by atoms with van der Waals surface area (Å²) in [6.45, 7) is 0.983. The molecule has 3 rings (SSSR count). The molecule has 0 unspecified atom stereocenters. The number of hydrogen-bond donors (Lipinski definition) is 0. The van der Waals surface area contributed by atoms with Gasteiger partial charge < -0.3 is 9.64 Å². The summed E-state index contributed by atoms with van der Waals surface area (Å²) in [6, 6.07) is 6.19. The van der Waals surface area contributed by atoms with Crippen LogP contribution in [-0.2, 0) is 4.79 Å². The van der Waals surface area contributed by atoms with Crippen LogP contribution < -0.4 is 4.74 Å². The number of hydrogen-bond acceptors (Lipinski definition) is 4. The fourth-order valence-electron chi connectivity index (χ4n) is 2.03. The molecule has 1 aliphatic heterocycles. The maximum absolute atomic E-state index is 13.3. The van der Waals surface area contributed by atoms with Gasteiger partial charge in [0.15, 0.2) is 18.2 Å². The van der Waals surface area contributed by atoms with Crippen molar-refractivity contribution >= 4 is 5.91 Å². The number of halogens is 1. The van der Waals surface area contributed by atoms with Gasteiger partial charge in [-0.15, -0.1) is 5.10 Å². The molecule has 0 saturated carbocycles. The van der Waals surface area contributed by atoms with Gasteiger partial charge in [0, 0.05) is 19.3 Å². The topological polar surface area (TPSA) is 60.2 Å². The first-order valence-corrected chi connectivity index (χ1v) is 6.25. The average Bonchev–Trinajstić information content (AvgIpc) is 2.90. The lowest BCUT2D eigenvalue weighted by atomic mass is 10.1. The van der Waals surface area contributed by atoms with E-state index >= 15 is 0 Å². The van der Waals surface area contributed by atoms with Crippen LogP contribution in [-0.4, -0.2) is 45.5 Å². The summed E-state index contributed by atoms with van der Waals surface area (Å²) in [5, 5.41) is 7.61. The van der Waals surface area contributed by atoms with Crippen LogP contribution in [0.3, 0.4) is 0 Å². The Morgan fingerprint density at radius 2 is 2.20 bits per heavy atom. The van der Waals surface area contributed by atoms with Crippen molar-refractivity contribution < 1.29 is 13.9 Å². The average molecular weight is 276 g/mol. The molecule has 2 heterocycles. The summed E-state index contributed by atoms with van der Waals surface area (Å²) in [4.78, 5) is 13.5. The second kappa shape index (κ2) is 5.28. The third-order valence-corrected chi connectivity index (χ3v) is 3.22. The minimum Gasteiger partial charge on any atom is -0.481 e. The van der Waals surface area contributed by atoms with E-state index in [0.717, 1.165) is 0 Å². The summed E-state index contributed by atoms with van der Waals surface area (Å²) in [5.74, 6) is -0.539. The first-order valence-electron chi connectivity index (χ1n) is 6.25. The molecule has 1 fully saturated rings. The van der Waals surface area contributed by atoms with Gasteiger partial charge in [-0.2, -0.15) is 0 Å². The van der Waals surface area contributed by atoms with Crippen LogP contribution in [0.4, 0.5) is 4.39 Å². The number of likely N-dealkylation sites (tertiary alicyclic amines) is 1. The number of benzene rings is 1. The van der Waals surface area contributed by atoms with E-state index in [1.54, 1.807) is 34.1 Å². The maximum atomic E-state index is 13.3. The minimum absolute atomic E-state index is 0.0919. The third-order valence-electron chi connectivity index (χ3n) is 3.22. The molecular formula is C13H13FN4O2. The number of ether oxygens (including phenoxy) is 1. The van der Waals surface area contributed by atoms with Crippen LogP contribution in [0.2, 0.25) is 0 Å². The molecule has 7 heteroatoms. The molecule has 6 nitrogen and oxygen atoms in total. The summed E-state index contributed by atoms with van der Waals surface area (Å²) in [6.07, 6.45) is 3.37. The van der Waals surface area contributed by atoms with E-state index in [9.17, 15) is 9.18 Å². The van der Waals surface area contributed by atoms with Crippen LogP contribution in [0.15, 0.2) is 36.7 Å². The second-order valence-corrected chi connectivity index (χ2v) is 4.55. The van der Waals surface area contributed by atoms with Crippen molar-refractivity contribution in [2.24, 2.45) is 0 Å². The van der Waals surface area contributed by atoms with Gasteiger partial charge in [-0.3, -0.25) is 4.79 Å². The predicted octanol–water partition coefficient (Wildman–Crippen LogP) is 0.879. The molecule has 1 amide bonds. The number of carbonyl (C=O) groups excluding carboxylic acids is 1. The van der Waals surface area contributed by atoms with Crippen molar-refractivity contribution in [2.75, 3.05) is 19.7 Å². The fraction of sp³-hybridized carbons (Fsp3) is 0.308. The van der Waals surface area contributed by atoms with Crippen LogP contribution in [0.25, 0.3) is 0 Å². The van der Waals surface area contributed by atoms with Crippen LogP contribution >= 0.6 is 0 Å². The number of nitrogens with zero attached hydrogens (tertiary/aromatic N) is 4. The maximum Gasteiger partial charge on any atom is 0.260 e. The Hall–Kier alpha value is -2.44. The van der Waals surface area contributed by atoms with Gasteiger partial charge in [0.1, 0.15) is 0 Å². The molecule has 0 N–H and O–H groups in total. The monoisotopic (exact) mass is 276 g/mol.